The number of fused-ring (bicyclic) bond motifs is 1. The molecule has 2 atom stereocenters. The Morgan fingerprint density at radius 2 is 2.10 bits per heavy atom. The zero-order valence-electron chi connectivity index (χ0n) is 13.3. The van der Waals surface area contributed by atoms with Crippen LogP contribution in [-0.4, -0.2) is 25.0 Å². The first-order chi connectivity index (χ1) is 9.21. The summed E-state index contributed by atoms with van der Waals surface area (Å²) in [6, 6.07) is 4.02. The molecule has 112 valence electrons. The van der Waals surface area contributed by atoms with Gasteiger partial charge in [0.1, 0.15) is 0 Å². The first-order valence-corrected chi connectivity index (χ1v) is 10.4. The van der Waals surface area contributed by atoms with E-state index in [0.29, 0.717) is 5.92 Å². The van der Waals surface area contributed by atoms with Crippen LogP contribution in [0.5, 0.6) is 0 Å². The summed E-state index contributed by atoms with van der Waals surface area (Å²) >= 11 is 0. The molecule has 3 nitrogen and oxygen atoms in total. The topological polar surface area (TPSA) is 42.4 Å². The Labute approximate surface area is 123 Å². The van der Waals surface area contributed by atoms with Gasteiger partial charge in [0, 0.05) is 12.8 Å². The summed E-state index contributed by atoms with van der Waals surface area (Å²) in [7, 11) is -1.70. The van der Waals surface area contributed by atoms with Gasteiger partial charge in [0.2, 0.25) is 0 Å². The Kier molecular flexibility index (Phi) is 4.37. The molecule has 0 saturated heterocycles. The van der Waals surface area contributed by atoms with E-state index in [1.54, 1.807) is 6.20 Å². The van der Waals surface area contributed by atoms with E-state index in [9.17, 15) is 5.11 Å². The van der Waals surface area contributed by atoms with Crippen LogP contribution in [0.25, 0.3) is 0 Å². The fraction of sp³-hybridized carbons (Fsp3) is 0.688. The van der Waals surface area contributed by atoms with Crippen LogP contribution in [0.4, 0.5) is 0 Å². The summed E-state index contributed by atoms with van der Waals surface area (Å²) in [4.78, 5) is 4.30. The number of aliphatic hydroxyl groups is 1. The Bertz CT molecular complexity index is 468. The fourth-order valence-corrected chi connectivity index (χ4v) is 3.50. The van der Waals surface area contributed by atoms with E-state index < -0.39 is 14.4 Å². The van der Waals surface area contributed by atoms with Crippen molar-refractivity contribution in [3.8, 4) is 0 Å². The Balaban J connectivity index is 2.00. The highest BCUT2D eigenvalue weighted by Gasteiger charge is 2.38. The molecule has 1 aromatic heterocycles. The van der Waals surface area contributed by atoms with Crippen molar-refractivity contribution in [2.45, 2.75) is 57.8 Å². The van der Waals surface area contributed by atoms with Crippen LogP contribution in [0.1, 0.15) is 44.6 Å². The van der Waals surface area contributed by atoms with Crippen molar-refractivity contribution in [3.05, 3.63) is 29.6 Å². The normalized spacial score (nSPS) is 23.5. The molecule has 1 aromatic rings. The Morgan fingerprint density at radius 1 is 1.40 bits per heavy atom. The summed E-state index contributed by atoms with van der Waals surface area (Å²) < 4.78 is 6.30. The van der Waals surface area contributed by atoms with E-state index in [4.69, 9.17) is 4.43 Å². The highest BCUT2D eigenvalue weighted by molar-refractivity contribution is 6.74. The minimum atomic E-state index is -1.70. The van der Waals surface area contributed by atoms with Gasteiger partial charge in [-0.25, -0.2) is 0 Å². The number of aromatic nitrogens is 1. The molecule has 4 heteroatoms. The van der Waals surface area contributed by atoms with Crippen LogP contribution in [0.15, 0.2) is 18.3 Å². The molecule has 0 aromatic carbocycles. The molecule has 0 spiro atoms. The standard InChI is InChI=1S/C16H27NO2Si/c1-16(2,3)20(4,5)19-11-12-9-13-7-6-8-17-15(13)14(18)10-12/h6-8,12,14,18H,9-11H2,1-5H3. The van der Waals surface area contributed by atoms with Crippen LogP contribution in [0.3, 0.4) is 0 Å². The van der Waals surface area contributed by atoms with Crippen LogP contribution in [0.2, 0.25) is 18.1 Å². The first kappa shape index (κ1) is 15.7. The lowest BCUT2D eigenvalue weighted by Gasteiger charge is -2.38. The number of hydrogen-bond donors (Lipinski definition) is 1. The largest absolute Gasteiger partial charge is 0.417 e. The molecule has 0 aliphatic heterocycles. The number of hydrogen-bond acceptors (Lipinski definition) is 3. The minimum Gasteiger partial charge on any atom is -0.417 e. The molecule has 20 heavy (non-hydrogen) atoms. The number of nitrogens with zero attached hydrogens (tertiary/aromatic N) is 1. The van der Waals surface area contributed by atoms with Gasteiger partial charge in [-0.1, -0.05) is 26.8 Å². The van der Waals surface area contributed by atoms with Crippen molar-refractivity contribution in [1.82, 2.24) is 4.98 Å². The molecule has 0 amide bonds. The number of pyridine rings is 1. The number of aliphatic hydroxyl groups excluding tert-OH is 1. The van der Waals surface area contributed by atoms with E-state index in [1.165, 1.54) is 5.56 Å². The van der Waals surface area contributed by atoms with Crippen molar-refractivity contribution < 1.29 is 9.53 Å². The van der Waals surface area contributed by atoms with Crippen molar-refractivity contribution in [2.75, 3.05) is 6.61 Å². The van der Waals surface area contributed by atoms with Gasteiger partial charge in [-0.3, -0.25) is 4.98 Å². The molecular formula is C16H27NO2Si. The van der Waals surface area contributed by atoms with Crippen LogP contribution in [-0.2, 0) is 10.8 Å². The second kappa shape index (κ2) is 5.58. The lowest BCUT2D eigenvalue weighted by atomic mass is 9.85. The summed E-state index contributed by atoms with van der Waals surface area (Å²) in [5, 5.41) is 10.5. The molecule has 0 bridgehead atoms. The summed E-state index contributed by atoms with van der Waals surface area (Å²) in [6.45, 7) is 12.1. The third-order valence-corrected chi connectivity index (χ3v) is 9.29. The SMILES string of the molecule is CC(C)(C)[Si](C)(C)OCC1Cc2cccnc2C(O)C1. The van der Waals surface area contributed by atoms with Crippen LogP contribution in [0, 0.1) is 5.92 Å². The molecule has 0 fully saturated rings. The first-order valence-electron chi connectivity index (χ1n) is 7.46. The van der Waals surface area contributed by atoms with E-state index in [-0.39, 0.29) is 5.04 Å². The molecule has 0 saturated carbocycles. The lowest BCUT2D eigenvalue weighted by molar-refractivity contribution is 0.103. The highest BCUT2D eigenvalue weighted by Crippen LogP contribution is 2.38. The second-order valence-electron chi connectivity index (χ2n) is 7.44. The zero-order valence-corrected chi connectivity index (χ0v) is 14.3. The summed E-state index contributed by atoms with van der Waals surface area (Å²) in [5.41, 5.74) is 2.03. The maximum atomic E-state index is 10.2. The average molecular weight is 293 g/mol. The molecule has 1 aliphatic rings. The summed E-state index contributed by atoms with van der Waals surface area (Å²) in [6.07, 6.45) is 3.05. The minimum absolute atomic E-state index is 0.236. The molecule has 1 N–H and O–H groups in total. The van der Waals surface area contributed by atoms with E-state index in [1.807, 2.05) is 6.07 Å². The van der Waals surface area contributed by atoms with Gasteiger partial charge in [-0.05, 0) is 48.5 Å². The molecular weight excluding hydrogens is 266 g/mol. The van der Waals surface area contributed by atoms with Crippen molar-refractivity contribution >= 4 is 8.32 Å². The predicted octanol–water partition coefficient (Wildman–Crippen LogP) is 3.70. The monoisotopic (exact) mass is 293 g/mol. The summed E-state index contributed by atoms with van der Waals surface area (Å²) in [5.74, 6) is 0.399. The molecule has 0 radical (unpaired) electrons. The van der Waals surface area contributed by atoms with Gasteiger partial charge in [0.25, 0.3) is 0 Å². The lowest BCUT2D eigenvalue weighted by Crippen LogP contribution is -2.42. The zero-order chi connectivity index (χ0) is 15.0. The second-order valence-corrected chi connectivity index (χ2v) is 12.3. The molecule has 1 heterocycles. The fourth-order valence-electron chi connectivity index (χ4n) is 2.41. The molecule has 2 rings (SSSR count). The Hall–Kier alpha value is -0.713. The third kappa shape index (κ3) is 3.30. The molecule has 1 aliphatic carbocycles. The van der Waals surface area contributed by atoms with Crippen molar-refractivity contribution in [1.29, 1.82) is 0 Å². The molecule has 2 unspecified atom stereocenters. The maximum absolute atomic E-state index is 10.2. The average Bonchev–Trinajstić information content (AvgIpc) is 2.35. The Morgan fingerprint density at radius 3 is 2.75 bits per heavy atom. The van der Waals surface area contributed by atoms with Crippen LogP contribution < -0.4 is 0 Å². The van der Waals surface area contributed by atoms with Gasteiger partial charge in [-0.15, -0.1) is 0 Å². The maximum Gasteiger partial charge on any atom is 0.191 e. The van der Waals surface area contributed by atoms with Crippen molar-refractivity contribution in [2.24, 2.45) is 5.92 Å². The van der Waals surface area contributed by atoms with Gasteiger partial charge in [0.05, 0.1) is 11.8 Å². The van der Waals surface area contributed by atoms with Gasteiger partial charge < -0.3 is 9.53 Å². The third-order valence-electron chi connectivity index (χ3n) is 4.79. The van der Waals surface area contributed by atoms with Gasteiger partial charge >= 0.3 is 0 Å². The van der Waals surface area contributed by atoms with E-state index in [0.717, 1.165) is 25.1 Å². The van der Waals surface area contributed by atoms with Crippen molar-refractivity contribution in [3.63, 3.8) is 0 Å². The number of rotatable bonds is 3. The van der Waals surface area contributed by atoms with E-state index in [2.05, 4.69) is 44.9 Å². The highest BCUT2D eigenvalue weighted by atomic mass is 28.4. The smallest absolute Gasteiger partial charge is 0.191 e. The van der Waals surface area contributed by atoms with Gasteiger partial charge in [-0.2, -0.15) is 0 Å². The van der Waals surface area contributed by atoms with Gasteiger partial charge in [0.15, 0.2) is 8.32 Å². The predicted molar refractivity (Wildman–Crippen MR) is 84.2 cm³/mol. The quantitative estimate of drug-likeness (QED) is 0.864. The van der Waals surface area contributed by atoms with Crippen LogP contribution >= 0.6 is 0 Å². The van der Waals surface area contributed by atoms with E-state index >= 15 is 0 Å².